The summed E-state index contributed by atoms with van der Waals surface area (Å²) in [7, 11) is 0. The van der Waals surface area contributed by atoms with E-state index >= 15 is 0 Å². The van der Waals surface area contributed by atoms with Gasteiger partial charge < -0.3 is 20.3 Å². The number of benzene rings is 1. The number of amides is 2. The minimum Gasteiger partial charge on any atom is -0.447 e. The molecule has 12 heteroatoms. The van der Waals surface area contributed by atoms with E-state index in [2.05, 4.69) is 20.6 Å². The standard InChI is InChI=1S/C25H29N7O3S2/c1-25-13-31(7-8-32(25)24(34)35-14-25)21(33)15-3-6-19-20(9-15)37-23(30-19)29-17-5-4-16(10-17)28-22-26-11-18(36-2)12-27-22/h3,6,9,11-12,16-17H,4-5,7-8,10,13-14H2,1-2H3,(H,29,30)(H,26,27,28)/t16-,17-,25?/m0/s1. The van der Waals surface area contributed by atoms with E-state index in [1.807, 2.05) is 48.7 Å². The van der Waals surface area contributed by atoms with E-state index in [0.717, 1.165) is 39.5 Å². The molecule has 10 nitrogen and oxygen atoms in total. The molecule has 37 heavy (non-hydrogen) atoms. The highest BCUT2D eigenvalue weighted by Gasteiger charge is 2.48. The van der Waals surface area contributed by atoms with Crippen molar-refractivity contribution in [2.24, 2.45) is 0 Å². The van der Waals surface area contributed by atoms with Crippen LogP contribution in [-0.4, -0.2) is 86.9 Å². The van der Waals surface area contributed by atoms with E-state index in [-0.39, 0.29) is 12.0 Å². The second-order valence-corrected chi connectivity index (χ2v) is 12.0. The van der Waals surface area contributed by atoms with E-state index in [4.69, 9.17) is 9.72 Å². The highest BCUT2D eigenvalue weighted by Crippen LogP contribution is 2.32. The third-order valence-corrected chi connectivity index (χ3v) is 9.02. The average Bonchev–Trinajstić information content (AvgIpc) is 3.60. The second-order valence-electron chi connectivity index (χ2n) is 10.1. The highest BCUT2D eigenvalue weighted by molar-refractivity contribution is 7.98. The summed E-state index contributed by atoms with van der Waals surface area (Å²) in [5.41, 5.74) is 1.06. The molecule has 0 radical (unpaired) electrons. The van der Waals surface area contributed by atoms with Crippen molar-refractivity contribution in [2.45, 2.75) is 48.7 Å². The SMILES string of the molecule is CSc1cnc(N[C@H]2CC[C@H](Nc3nc4ccc(C(=O)N5CCN6C(=O)OCC6(C)C5)cc4s3)C2)nc1. The quantitative estimate of drug-likeness (QED) is 0.450. The Bertz CT molecular complexity index is 1330. The maximum atomic E-state index is 13.3. The molecule has 2 amide bonds. The number of anilines is 2. The summed E-state index contributed by atoms with van der Waals surface area (Å²) in [5.74, 6) is 0.644. The number of hydrogen-bond donors (Lipinski definition) is 2. The van der Waals surface area contributed by atoms with Crippen LogP contribution in [0.1, 0.15) is 36.5 Å². The van der Waals surface area contributed by atoms with Crippen molar-refractivity contribution in [1.29, 1.82) is 0 Å². The number of cyclic esters (lactones) is 1. The maximum Gasteiger partial charge on any atom is 0.410 e. The third kappa shape index (κ3) is 4.79. The fourth-order valence-electron chi connectivity index (χ4n) is 5.37. The van der Waals surface area contributed by atoms with E-state index in [9.17, 15) is 9.59 Å². The largest absolute Gasteiger partial charge is 0.447 e. The Labute approximate surface area is 223 Å². The van der Waals surface area contributed by atoms with Gasteiger partial charge in [0.2, 0.25) is 5.95 Å². The van der Waals surface area contributed by atoms with Crippen molar-refractivity contribution in [2.75, 3.05) is 43.1 Å². The Morgan fingerprint density at radius 2 is 1.97 bits per heavy atom. The predicted molar refractivity (Wildman–Crippen MR) is 144 cm³/mol. The van der Waals surface area contributed by atoms with E-state index in [1.54, 1.807) is 28.0 Å². The summed E-state index contributed by atoms with van der Waals surface area (Å²) in [6.45, 7) is 3.74. The molecule has 3 atom stereocenters. The molecule has 1 saturated carbocycles. The van der Waals surface area contributed by atoms with Crippen LogP contribution >= 0.6 is 23.1 Å². The lowest BCUT2D eigenvalue weighted by atomic mass is 9.98. The van der Waals surface area contributed by atoms with Crippen molar-refractivity contribution in [3.8, 4) is 0 Å². The molecule has 3 aromatic rings. The van der Waals surface area contributed by atoms with Gasteiger partial charge in [0.1, 0.15) is 6.61 Å². The number of hydrogen-bond acceptors (Lipinski definition) is 10. The van der Waals surface area contributed by atoms with Crippen molar-refractivity contribution in [1.82, 2.24) is 24.8 Å². The molecule has 2 saturated heterocycles. The molecule has 2 N–H and O–H groups in total. The first-order valence-corrected chi connectivity index (χ1v) is 14.5. The number of carbonyl (C=O) groups is 2. The molecule has 1 aliphatic carbocycles. The summed E-state index contributed by atoms with van der Waals surface area (Å²) >= 11 is 3.20. The minimum absolute atomic E-state index is 0.0254. The summed E-state index contributed by atoms with van der Waals surface area (Å²) in [6.07, 6.45) is 8.45. The summed E-state index contributed by atoms with van der Waals surface area (Å²) in [5, 5.41) is 7.90. The topological polar surface area (TPSA) is 113 Å². The van der Waals surface area contributed by atoms with Gasteiger partial charge in [0.05, 0.1) is 15.8 Å². The highest BCUT2D eigenvalue weighted by atomic mass is 32.2. The summed E-state index contributed by atoms with van der Waals surface area (Å²) in [6, 6.07) is 6.33. The Morgan fingerprint density at radius 3 is 2.76 bits per heavy atom. The van der Waals surface area contributed by atoms with Gasteiger partial charge in [-0.2, -0.15) is 0 Å². The Hall–Kier alpha value is -3.12. The number of carbonyl (C=O) groups excluding carboxylic acids is 2. The maximum absolute atomic E-state index is 13.3. The van der Waals surface area contributed by atoms with Crippen LogP contribution in [0, 0.1) is 0 Å². The number of piperazine rings is 1. The number of thiazole rings is 1. The normalized spacial score (nSPS) is 25.3. The van der Waals surface area contributed by atoms with Crippen LogP contribution in [0.25, 0.3) is 10.2 Å². The summed E-state index contributed by atoms with van der Waals surface area (Å²) < 4.78 is 6.20. The molecule has 3 fully saturated rings. The van der Waals surface area contributed by atoms with E-state index in [0.29, 0.717) is 49.8 Å². The molecule has 194 valence electrons. The van der Waals surface area contributed by atoms with Crippen LogP contribution in [0.2, 0.25) is 0 Å². The van der Waals surface area contributed by atoms with Crippen molar-refractivity contribution in [3.05, 3.63) is 36.2 Å². The fourth-order valence-corrected chi connectivity index (χ4v) is 6.67. The molecule has 6 rings (SSSR count). The monoisotopic (exact) mass is 539 g/mol. The molecule has 0 spiro atoms. The second kappa shape index (κ2) is 9.64. The van der Waals surface area contributed by atoms with Gasteiger partial charge in [-0.1, -0.05) is 11.3 Å². The van der Waals surface area contributed by atoms with Gasteiger partial charge in [-0.3, -0.25) is 9.69 Å². The van der Waals surface area contributed by atoms with Gasteiger partial charge >= 0.3 is 6.09 Å². The zero-order valence-corrected chi connectivity index (χ0v) is 22.4. The zero-order chi connectivity index (χ0) is 25.6. The molecule has 3 aliphatic rings. The number of nitrogens with one attached hydrogen (secondary N) is 2. The number of ether oxygens (including phenoxy) is 1. The molecule has 1 unspecified atom stereocenters. The minimum atomic E-state index is -0.463. The predicted octanol–water partition coefficient (Wildman–Crippen LogP) is 3.92. The molecule has 1 aromatic carbocycles. The van der Waals surface area contributed by atoms with Gasteiger partial charge in [0.25, 0.3) is 5.91 Å². The molecular formula is C25H29N7O3S2. The molecule has 2 aromatic heterocycles. The van der Waals surface area contributed by atoms with E-state index in [1.165, 1.54) is 0 Å². The lowest BCUT2D eigenvalue weighted by Crippen LogP contribution is -2.60. The molecule has 4 heterocycles. The van der Waals surface area contributed by atoms with E-state index < -0.39 is 5.54 Å². The van der Waals surface area contributed by atoms with Crippen LogP contribution in [0.5, 0.6) is 0 Å². The first-order chi connectivity index (χ1) is 17.9. The van der Waals surface area contributed by atoms with Crippen LogP contribution in [-0.2, 0) is 4.74 Å². The lowest BCUT2D eigenvalue weighted by molar-refractivity contribution is 0.0433. The number of fused-ring (bicyclic) bond motifs is 2. The molecule has 0 bridgehead atoms. The van der Waals surface area contributed by atoms with Gasteiger partial charge in [0, 0.05) is 54.6 Å². The number of thioether (sulfide) groups is 1. The van der Waals surface area contributed by atoms with Gasteiger partial charge in [-0.15, -0.1) is 11.8 Å². The number of aromatic nitrogens is 3. The van der Waals surface area contributed by atoms with Crippen molar-refractivity contribution >= 4 is 56.4 Å². The molecule has 2 aliphatic heterocycles. The number of rotatable bonds is 6. The van der Waals surface area contributed by atoms with Gasteiger partial charge in [-0.25, -0.2) is 19.7 Å². The first-order valence-electron chi connectivity index (χ1n) is 12.4. The Morgan fingerprint density at radius 1 is 1.19 bits per heavy atom. The van der Waals surface area contributed by atoms with Crippen LogP contribution in [0.3, 0.4) is 0 Å². The van der Waals surface area contributed by atoms with Crippen molar-refractivity contribution in [3.63, 3.8) is 0 Å². The van der Waals surface area contributed by atoms with Gasteiger partial charge in [-0.05, 0) is 50.6 Å². The molecular weight excluding hydrogens is 510 g/mol. The van der Waals surface area contributed by atoms with Gasteiger partial charge in [0.15, 0.2) is 5.13 Å². The Balaban J connectivity index is 1.08. The average molecular weight is 540 g/mol. The smallest absolute Gasteiger partial charge is 0.410 e. The van der Waals surface area contributed by atoms with Crippen molar-refractivity contribution < 1.29 is 14.3 Å². The summed E-state index contributed by atoms with van der Waals surface area (Å²) in [4.78, 5) is 43.4. The first kappa shape index (κ1) is 24.2. The third-order valence-electron chi connectivity index (χ3n) is 7.38. The fraction of sp³-hybridized carbons (Fsp3) is 0.480. The number of nitrogens with zero attached hydrogens (tertiary/aromatic N) is 5. The van der Waals surface area contributed by atoms with Crippen LogP contribution in [0.4, 0.5) is 15.9 Å². The van der Waals surface area contributed by atoms with Crippen LogP contribution in [0.15, 0.2) is 35.5 Å². The van der Waals surface area contributed by atoms with Crippen LogP contribution < -0.4 is 10.6 Å². The zero-order valence-electron chi connectivity index (χ0n) is 20.8. The lowest BCUT2D eigenvalue weighted by Gasteiger charge is -2.42. The Kier molecular flexibility index (Phi) is 6.31.